The van der Waals surface area contributed by atoms with E-state index in [9.17, 15) is 0 Å². The van der Waals surface area contributed by atoms with E-state index in [0.29, 0.717) is 0 Å². The molecule has 1 aliphatic carbocycles. The van der Waals surface area contributed by atoms with Gasteiger partial charge in [0.25, 0.3) is 0 Å². The molecule has 1 aromatic carbocycles. The molecule has 0 heterocycles. The highest BCUT2D eigenvalue weighted by Crippen LogP contribution is 2.29. The summed E-state index contributed by atoms with van der Waals surface area (Å²) in [6.45, 7) is 4.46. The van der Waals surface area contributed by atoms with Gasteiger partial charge < -0.3 is 5.73 Å². The molecule has 0 radical (unpaired) electrons. The molecule has 138 valence electrons. The second kappa shape index (κ2) is 13.5. The van der Waals surface area contributed by atoms with Gasteiger partial charge in [-0.3, -0.25) is 0 Å². The summed E-state index contributed by atoms with van der Waals surface area (Å²) < 4.78 is 0. The summed E-state index contributed by atoms with van der Waals surface area (Å²) in [6, 6.07) is 10.8. The normalized spacial score (nSPS) is 15.8. The highest BCUT2D eigenvalue weighted by Gasteiger charge is 2.26. The van der Waals surface area contributed by atoms with Crippen molar-refractivity contribution >= 4 is 0 Å². The van der Waals surface area contributed by atoms with E-state index >= 15 is 0 Å². The summed E-state index contributed by atoms with van der Waals surface area (Å²) in [5.41, 5.74) is 7.69. The van der Waals surface area contributed by atoms with Crippen LogP contribution in [0.1, 0.15) is 103 Å². The maximum Gasteiger partial charge on any atom is 0.0151 e. The molecule has 24 heavy (non-hydrogen) atoms. The summed E-state index contributed by atoms with van der Waals surface area (Å²) in [5, 5.41) is 0. The molecular formula is C23H41N. The fourth-order valence-electron chi connectivity index (χ4n) is 3.54. The summed E-state index contributed by atoms with van der Waals surface area (Å²) in [4.78, 5) is 0. The van der Waals surface area contributed by atoms with E-state index in [-0.39, 0.29) is 5.54 Å². The molecule has 0 aliphatic heterocycles. The number of benzene rings is 1. The molecule has 0 amide bonds. The summed E-state index contributed by atoms with van der Waals surface area (Å²) in [5.74, 6) is 0. The maximum atomic E-state index is 5.96. The third kappa shape index (κ3) is 10.1. The number of aryl methyl sites for hydroxylation is 1. The molecule has 1 heteroatoms. The number of unbranched alkanes of at least 4 members (excludes halogenated alkanes) is 7. The summed E-state index contributed by atoms with van der Waals surface area (Å²) in [6.07, 6.45) is 18.9. The number of nitrogens with two attached hydrogens (primary N) is 1. The van der Waals surface area contributed by atoms with Gasteiger partial charge >= 0.3 is 0 Å². The Kier molecular flexibility index (Phi) is 11.9. The molecule has 1 aromatic rings. The van der Waals surface area contributed by atoms with Crippen molar-refractivity contribution in [2.45, 2.75) is 109 Å². The van der Waals surface area contributed by atoms with Crippen LogP contribution in [0.5, 0.6) is 0 Å². The lowest BCUT2D eigenvalue weighted by Gasteiger charge is -2.19. The van der Waals surface area contributed by atoms with Gasteiger partial charge in [-0.15, -0.1) is 0 Å². The standard InChI is InChI=1S/C16H26.C7H15N/c1-2-3-4-5-6-7-8-10-13-16-14-11-9-12-15-16;1-2-7(8)5-3-4-6-7/h9,11-12,14-15H,2-8,10,13H2,1H3;2-6,8H2,1H3. The van der Waals surface area contributed by atoms with Crippen molar-refractivity contribution in [1.29, 1.82) is 0 Å². The Labute approximate surface area is 151 Å². The maximum absolute atomic E-state index is 5.96. The second-order valence-electron chi connectivity index (χ2n) is 7.63. The first-order chi connectivity index (χ1) is 11.7. The van der Waals surface area contributed by atoms with E-state index in [1.807, 2.05) is 0 Å². The van der Waals surface area contributed by atoms with Gasteiger partial charge in [0.05, 0.1) is 0 Å². The minimum Gasteiger partial charge on any atom is -0.325 e. The van der Waals surface area contributed by atoms with Crippen molar-refractivity contribution in [2.24, 2.45) is 5.73 Å². The van der Waals surface area contributed by atoms with E-state index in [1.54, 1.807) is 0 Å². The lowest BCUT2D eigenvalue weighted by atomic mass is 9.96. The molecular weight excluding hydrogens is 290 g/mol. The van der Waals surface area contributed by atoms with Gasteiger partial charge in [-0.2, -0.15) is 0 Å². The van der Waals surface area contributed by atoms with E-state index in [2.05, 4.69) is 44.2 Å². The number of hydrogen-bond donors (Lipinski definition) is 1. The molecule has 0 unspecified atom stereocenters. The highest BCUT2D eigenvalue weighted by atomic mass is 14.7. The first kappa shape index (κ1) is 21.2. The minimum absolute atomic E-state index is 0.236. The Bertz CT molecular complexity index is 378. The van der Waals surface area contributed by atoms with Gasteiger partial charge in [0, 0.05) is 5.54 Å². The molecule has 1 saturated carbocycles. The highest BCUT2D eigenvalue weighted by molar-refractivity contribution is 5.14. The zero-order valence-electron chi connectivity index (χ0n) is 16.4. The average Bonchev–Trinajstić information content (AvgIpc) is 3.06. The van der Waals surface area contributed by atoms with Gasteiger partial charge in [-0.05, 0) is 37.7 Å². The van der Waals surface area contributed by atoms with Gasteiger partial charge in [0.1, 0.15) is 0 Å². The Balaban J connectivity index is 0.000000300. The summed E-state index contributed by atoms with van der Waals surface area (Å²) in [7, 11) is 0. The summed E-state index contributed by atoms with van der Waals surface area (Å²) >= 11 is 0. The third-order valence-electron chi connectivity index (χ3n) is 5.47. The third-order valence-corrected chi connectivity index (χ3v) is 5.47. The topological polar surface area (TPSA) is 26.0 Å². The molecule has 0 atom stereocenters. The van der Waals surface area contributed by atoms with Crippen LogP contribution in [0.15, 0.2) is 30.3 Å². The fourth-order valence-corrected chi connectivity index (χ4v) is 3.54. The van der Waals surface area contributed by atoms with Crippen molar-refractivity contribution in [3.8, 4) is 0 Å². The first-order valence-electron chi connectivity index (χ1n) is 10.5. The van der Waals surface area contributed by atoms with Crippen LogP contribution in [-0.2, 0) is 6.42 Å². The molecule has 2 rings (SSSR count). The molecule has 0 bridgehead atoms. The van der Waals surface area contributed by atoms with Crippen molar-refractivity contribution in [2.75, 3.05) is 0 Å². The molecule has 0 saturated heterocycles. The van der Waals surface area contributed by atoms with Crippen LogP contribution in [0, 0.1) is 0 Å². The molecule has 0 spiro atoms. The van der Waals surface area contributed by atoms with Crippen molar-refractivity contribution in [3.63, 3.8) is 0 Å². The van der Waals surface area contributed by atoms with E-state index in [1.165, 1.54) is 89.0 Å². The van der Waals surface area contributed by atoms with Crippen LogP contribution in [-0.4, -0.2) is 5.54 Å². The van der Waals surface area contributed by atoms with E-state index in [4.69, 9.17) is 5.73 Å². The minimum atomic E-state index is 0.236. The molecule has 2 N–H and O–H groups in total. The van der Waals surface area contributed by atoms with Crippen molar-refractivity contribution < 1.29 is 0 Å². The average molecular weight is 332 g/mol. The lowest BCUT2D eigenvalue weighted by molar-refractivity contribution is 0.424. The smallest absolute Gasteiger partial charge is 0.0151 e. The Morgan fingerprint density at radius 2 is 1.33 bits per heavy atom. The molecule has 1 fully saturated rings. The quantitative estimate of drug-likeness (QED) is 0.457. The molecule has 1 aliphatic rings. The Hall–Kier alpha value is -0.820. The predicted octanol–water partition coefficient (Wildman–Crippen LogP) is 7.04. The van der Waals surface area contributed by atoms with Crippen LogP contribution >= 0.6 is 0 Å². The zero-order chi connectivity index (χ0) is 17.5. The van der Waals surface area contributed by atoms with Crippen molar-refractivity contribution in [1.82, 2.24) is 0 Å². The van der Waals surface area contributed by atoms with Gasteiger partial charge in [-0.1, -0.05) is 102 Å². The van der Waals surface area contributed by atoms with Crippen LogP contribution in [0.25, 0.3) is 0 Å². The number of hydrogen-bond acceptors (Lipinski definition) is 1. The van der Waals surface area contributed by atoms with Gasteiger partial charge in [-0.25, -0.2) is 0 Å². The lowest BCUT2D eigenvalue weighted by Crippen LogP contribution is -2.34. The zero-order valence-corrected chi connectivity index (χ0v) is 16.4. The van der Waals surface area contributed by atoms with E-state index in [0.717, 1.165) is 6.42 Å². The first-order valence-corrected chi connectivity index (χ1v) is 10.5. The van der Waals surface area contributed by atoms with E-state index < -0.39 is 0 Å². The van der Waals surface area contributed by atoms with Crippen LogP contribution < -0.4 is 5.73 Å². The van der Waals surface area contributed by atoms with Crippen molar-refractivity contribution in [3.05, 3.63) is 35.9 Å². The SMILES string of the molecule is CCC1(N)CCCC1.CCCCCCCCCCc1ccccc1. The Morgan fingerprint density at radius 1 is 0.792 bits per heavy atom. The number of rotatable bonds is 10. The predicted molar refractivity (Wildman–Crippen MR) is 108 cm³/mol. The van der Waals surface area contributed by atoms with Crippen LogP contribution in [0.4, 0.5) is 0 Å². The van der Waals surface area contributed by atoms with Crippen LogP contribution in [0.2, 0.25) is 0 Å². The van der Waals surface area contributed by atoms with Gasteiger partial charge in [0.15, 0.2) is 0 Å². The second-order valence-corrected chi connectivity index (χ2v) is 7.63. The monoisotopic (exact) mass is 331 g/mol. The fraction of sp³-hybridized carbons (Fsp3) is 0.739. The van der Waals surface area contributed by atoms with Crippen LogP contribution in [0.3, 0.4) is 0 Å². The largest absolute Gasteiger partial charge is 0.325 e. The molecule has 0 aromatic heterocycles. The van der Waals surface area contributed by atoms with Gasteiger partial charge in [0.2, 0.25) is 0 Å². The molecule has 1 nitrogen and oxygen atoms in total. The Morgan fingerprint density at radius 3 is 1.83 bits per heavy atom.